The third-order valence-electron chi connectivity index (χ3n) is 7.68. The lowest BCUT2D eigenvalue weighted by atomic mass is 9.79. The van der Waals surface area contributed by atoms with Crippen LogP contribution in [0.25, 0.3) is 0 Å². The van der Waals surface area contributed by atoms with Gasteiger partial charge in [0, 0.05) is 30.9 Å². The highest BCUT2D eigenvalue weighted by molar-refractivity contribution is 6.06. The number of carbonyl (C=O) groups excluding carboxylic acids is 1. The van der Waals surface area contributed by atoms with Crippen LogP contribution in [0.5, 0.6) is 17.2 Å². The number of amidine groups is 1. The molecule has 0 unspecified atom stereocenters. The summed E-state index contributed by atoms with van der Waals surface area (Å²) in [5.74, 6) is 0.709. The van der Waals surface area contributed by atoms with Gasteiger partial charge in [-0.2, -0.15) is 0 Å². The lowest BCUT2D eigenvalue weighted by Gasteiger charge is -2.29. The number of methoxy groups -OCH3 is 1. The van der Waals surface area contributed by atoms with E-state index in [0.717, 1.165) is 55.8 Å². The molecule has 0 aliphatic carbocycles. The third-order valence-corrected chi connectivity index (χ3v) is 7.68. The molecule has 2 aliphatic heterocycles. The highest BCUT2D eigenvalue weighted by Gasteiger charge is 2.34. The van der Waals surface area contributed by atoms with E-state index in [1.807, 2.05) is 19.1 Å². The van der Waals surface area contributed by atoms with Crippen molar-refractivity contribution in [1.29, 1.82) is 5.41 Å². The molecule has 0 radical (unpaired) electrons. The molecule has 2 aromatic carbocycles. The maximum atomic E-state index is 15.5. The number of ether oxygens (including phenoxy) is 4. The Hall–Kier alpha value is -3.13. The molecule has 4 rings (SSSR count). The Morgan fingerprint density at radius 1 is 1.07 bits per heavy atom. The van der Waals surface area contributed by atoms with Gasteiger partial charge >= 0.3 is 0 Å². The van der Waals surface area contributed by atoms with E-state index in [2.05, 4.69) is 20.8 Å². The first-order chi connectivity index (χ1) is 19.1. The highest BCUT2D eigenvalue weighted by atomic mass is 19.1. The van der Waals surface area contributed by atoms with Crippen LogP contribution in [0.15, 0.2) is 18.2 Å². The minimum absolute atomic E-state index is 0.0141. The minimum Gasteiger partial charge on any atom is -0.496 e. The number of hydrogen-bond acceptors (Lipinski definition) is 6. The zero-order valence-corrected chi connectivity index (χ0v) is 24.7. The Bertz CT molecular complexity index is 1250. The number of nitrogens with zero attached hydrogens (tertiary/aromatic N) is 1. The summed E-state index contributed by atoms with van der Waals surface area (Å²) in [5, 5.41) is 8.74. The molecule has 8 heteroatoms. The zero-order valence-electron chi connectivity index (χ0n) is 24.7. The van der Waals surface area contributed by atoms with Crippen molar-refractivity contribution >= 4 is 11.6 Å². The summed E-state index contributed by atoms with van der Waals surface area (Å²) in [6.07, 6.45) is 3.85. The minimum atomic E-state index is -0.613. The summed E-state index contributed by atoms with van der Waals surface area (Å²) < 4.78 is 38.3. The Morgan fingerprint density at radius 2 is 1.75 bits per heavy atom. The average Bonchev–Trinajstić information content (AvgIpc) is 3.19. The second-order valence-electron chi connectivity index (χ2n) is 11.5. The molecule has 0 saturated carbocycles. The van der Waals surface area contributed by atoms with Crippen molar-refractivity contribution in [2.75, 3.05) is 40.1 Å². The topological polar surface area (TPSA) is 81.1 Å². The van der Waals surface area contributed by atoms with E-state index in [4.69, 9.17) is 24.4 Å². The molecule has 2 aromatic rings. The highest BCUT2D eigenvalue weighted by Crippen LogP contribution is 2.42. The van der Waals surface area contributed by atoms with Gasteiger partial charge in [0.05, 0.1) is 32.4 Å². The zero-order chi connectivity index (χ0) is 29.0. The van der Waals surface area contributed by atoms with Gasteiger partial charge in [-0.25, -0.2) is 4.39 Å². The van der Waals surface area contributed by atoms with E-state index in [-0.39, 0.29) is 54.0 Å². The smallest absolute Gasteiger partial charge is 0.197 e. The molecular weight excluding hydrogens is 511 g/mol. The molecule has 1 saturated heterocycles. The van der Waals surface area contributed by atoms with Gasteiger partial charge in [-0.1, -0.05) is 20.8 Å². The Labute approximate surface area is 237 Å². The monoisotopic (exact) mass is 554 g/mol. The van der Waals surface area contributed by atoms with Crippen molar-refractivity contribution in [3.05, 3.63) is 51.8 Å². The van der Waals surface area contributed by atoms with E-state index >= 15 is 4.39 Å². The van der Waals surface area contributed by atoms with Gasteiger partial charge in [0.1, 0.15) is 11.6 Å². The van der Waals surface area contributed by atoms with E-state index in [9.17, 15) is 4.79 Å². The molecule has 0 bridgehead atoms. The number of fused-ring (bicyclic) bond motifs is 1. The molecule has 2 aliphatic rings. The summed E-state index contributed by atoms with van der Waals surface area (Å²) in [6.45, 7) is 12.3. The Kier molecular flexibility index (Phi) is 9.39. The number of Topliss-reactive ketones (excluding diaryl/α,β-unsaturated/α-hetero) is 1. The van der Waals surface area contributed by atoms with Crippen LogP contribution in [-0.2, 0) is 16.7 Å². The van der Waals surface area contributed by atoms with Gasteiger partial charge in [0.25, 0.3) is 0 Å². The van der Waals surface area contributed by atoms with Crippen LogP contribution >= 0.6 is 0 Å². The molecular formula is C32H43FN2O5. The molecule has 0 atom stereocenters. The van der Waals surface area contributed by atoms with Crippen LogP contribution < -0.4 is 14.2 Å². The Morgan fingerprint density at radius 3 is 2.35 bits per heavy atom. The maximum Gasteiger partial charge on any atom is 0.197 e. The number of rotatable bonds is 9. The third kappa shape index (κ3) is 6.12. The first-order valence-electron chi connectivity index (χ1n) is 14.4. The van der Waals surface area contributed by atoms with Crippen molar-refractivity contribution in [2.24, 2.45) is 0 Å². The fourth-order valence-corrected chi connectivity index (χ4v) is 5.74. The van der Waals surface area contributed by atoms with Gasteiger partial charge in [-0.05, 0) is 80.2 Å². The molecule has 218 valence electrons. The Balaban J connectivity index is 1.67. The van der Waals surface area contributed by atoms with Gasteiger partial charge < -0.3 is 23.8 Å². The van der Waals surface area contributed by atoms with Crippen molar-refractivity contribution in [3.63, 3.8) is 0 Å². The van der Waals surface area contributed by atoms with Crippen LogP contribution in [-0.4, -0.2) is 56.6 Å². The number of ketones is 1. The molecule has 1 N–H and O–H groups in total. The van der Waals surface area contributed by atoms with Crippen LogP contribution in [0.1, 0.15) is 98.8 Å². The summed E-state index contributed by atoms with van der Waals surface area (Å²) in [6, 6.07) is 5.65. The van der Waals surface area contributed by atoms with E-state index < -0.39 is 5.82 Å². The largest absolute Gasteiger partial charge is 0.496 e. The van der Waals surface area contributed by atoms with E-state index in [0.29, 0.717) is 23.5 Å². The number of nitrogens with one attached hydrogen (secondary N) is 1. The number of carbonyl (C=O) groups is 1. The first kappa shape index (κ1) is 29.8. The lowest BCUT2D eigenvalue weighted by Crippen LogP contribution is -2.31. The predicted molar refractivity (Wildman–Crippen MR) is 154 cm³/mol. The standard InChI is InChI=1S/C32H43FN2O5/c1-7-39-26-17-22-18-35(31(34)27(22)28(33)30(26)40-8-2)19-25(36)21-15-23(20-11-9-13-38-14-10-12-20)29(37-6)24(16-21)32(3,4)5/h15-17,20,34H,7-14,18-19H2,1-6H3. The lowest BCUT2D eigenvalue weighted by molar-refractivity contribution is 0.0962. The quantitative estimate of drug-likeness (QED) is 0.351. The van der Waals surface area contributed by atoms with Gasteiger partial charge in [-0.15, -0.1) is 0 Å². The molecule has 0 spiro atoms. The average molecular weight is 555 g/mol. The summed E-state index contributed by atoms with van der Waals surface area (Å²) in [4.78, 5) is 15.4. The summed E-state index contributed by atoms with van der Waals surface area (Å²) >= 11 is 0. The number of halogens is 1. The van der Waals surface area contributed by atoms with E-state index in [1.165, 1.54) is 0 Å². The molecule has 2 heterocycles. The molecule has 0 amide bonds. The number of hydrogen-bond donors (Lipinski definition) is 1. The second kappa shape index (κ2) is 12.6. The molecule has 1 fully saturated rings. The number of benzene rings is 2. The van der Waals surface area contributed by atoms with Gasteiger partial charge in [0.15, 0.2) is 23.1 Å². The first-order valence-corrected chi connectivity index (χ1v) is 14.4. The predicted octanol–water partition coefficient (Wildman–Crippen LogP) is 6.63. The van der Waals surface area contributed by atoms with Crippen LogP contribution in [0.4, 0.5) is 4.39 Å². The summed E-state index contributed by atoms with van der Waals surface area (Å²) in [7, 11) is 1.70. The normalized spacial score (nSPS) is 16.4. The van der Waals surface area contributed by atoms with Crippen LogP contribution in [0.3, 0.4) is 0 Å². The van der Waals surface area contributed by atoms with Crippen LogP contribution in [0, 0.1) is 11.2 Å². The van der Waals surface area contributed by atoms with Gasteiger partial charge in [-0.3, -0.25) is 10.2 Å². The van der Waals surface area contributed by atoms with Crippen molar-refractivity contribution in [3.8, 4) is 17.2 Å². The van der Waals surface area contributed by atoms with Crippen molar-refractivity contribution in [1.82, 2.24) is 4.90 Å². The summed E-state index contributed by atoms with van der Waals surface area (Å²) in [5.41, 5.74) is 3.18. The van der Waals surface area contributed by atoms with Crippen molar-refractivity contribution in [2.45, 2.75) is 78.2 Å². The SMILES string of the molecule is CCOc1cc2c(c(F)c1OCC)C(=N)N(CC(=O)c1cc(C3CCCOCCC3)c(OC)c(C(C)(C)C)c1)C2. The van der Waals surface area contributed by atoms with Crippen LogP contribution in [0.2, 0.25) is 0 Å². The fraction of sp³-hybridized carbons (Fsp3) is 0.562. The molecule has 40 heavy (non-hydrogen) atoms. The van der Waals surface area contributed by atoms with Crippen molar-refractivity contribution < 1.29 is 28.1 Å². The molecule has 7 nitrogen and oxygen atoms in total. The fourth-order valence-electron chi connectivity index (χ4n) is 5.74. The molecule has 0 aromatic heterocycles. The van der Waals surface area contributed by atoms with Gasteiger partial charge in [0.2, 0.25) is 0 Å². The second-order valence-corrected chi connectivity index (χ2v) is 11.5. The van der Waals surface area contributed by atoms with E-state index in [1.54, 1.807) is 25.0 Å². The maximum absolute atomic E-state index is 15.5.